The number of benzene rings is 1. The summed E-state index contributed by atoms with van der Waals surface area (Å²) in [6.07, 6.45) is 3.84. The molecule has 0 unspecified atom stereocenters. The van der Waals surface area contributed by atoms with Crippen LogP contribution in [0, 0.1) is 0 Å². The van der Waals surface area contributed by atoms with Gasteiger partial charge in [-0.2, -0.15) is 0 Å². The monoisotopic (exact) mass is 393 g/mol. The normalized spacial score (nSPS) is 20.2. The highest BCUT2D eigenvalue weighted by atomic mass is 35.5. The van der Waals surface area contributed by atoms with E-state index in [2.05, 4.69) is 11.0 Å². The van der Waals surface area contributed by atoms with Gasteiger partial charge < -0.3 is 10.6 Å². The first-order valence-corrected chi connectivity index (χ1v) is 8.50. The third-order valence-electron chi connectivity index (χ3n) is 4.88. The molecule has 4 nitrogen and oxygen atoms in total. The van der Waals surface area contributed by atoms with E-state index in [1.54, 1.807) is 0 Å². The number of hydrogen-bond acceptors (Lipinski definition) is 3. The van der Waals surface area contributed by atoms with Gasteiger partial charge in [-0.15, -0.1) is 24.8 Å². The van der Waals surface area contributed by atoms with Crippen LogP contribution in [0.3, 0.4) is 0 Å². The maximum atomic E-state index is 12.6. The highest BCUT2D eigenvalue weighted by molar-refractivity contribution is 6.30. The first-order chi connectivity index (χ1) is 10.6. The van der Waals surface area contributed by atoms with Gasteiger partial charge in [-0.05, 0) is 30.5 Å². The Kier molecular flexibility index (Phi) is 8.30. The van der Waals surface area contributed by atoms with Crippen molar-refractivity contribution >= 4 is 42.3 Å². The van der Waals surface area contributed by atoms with Gasteiger partial charge in [0.25, 0.3) is 0 Å². The molecule has 1 amide bonds. The van der Waals surface area contributed by atoms with Crippen LogP contribution in [-0.2, 0) is 11.3 Å². The topological polar surface area (TPSA) is 49.6 Å². The fourth-order valence-electron chi connectivity index (χ4n) is 3.54. The molecule has 1 aliphatic carbocycles. The van der Waals surface area contributed by atoms with Crippen molar-refractivity contribution in [1.29, 1.82) is 0 Å². The summed E-state index contributed by atoms with van der Waals surface area (Å²) >= 11 is 6.03. The fourth-order valence-corrected chi connectivity index (χ4v) is 3.75. The fraction of sp³-hybridized carbons (Fsp3) is 0.588. The summed E-state index contributed by atoms with van der Waals surface area (Å²) in [5.74, 6) is 0.160. The second kappa shape index (κ2) is 9.25. The number of piperazine rings is 1. The van der Waals surface area contributed by atoms with Crippen molar-refractivity contribution in [2.45, 2.75) is 37.8 Å². The van der Waals surface area contributed by atoms with E-state index in [-0.39, 0.29) is 30.7 Å². The van der Waals surface area contributed by atoms with Crippen LogP contribution in [0.5, 0.6) is 0 Å². The zero-order valence-electron chi connectivity index (χ0n) is 13.7. The number of carbonyl (C=O) groups is 1. The van der Waals surface area contributed by atoms with Gasteiger partial charge in [0.05, 0.1) is 5.54 Å². The van der Waals surface area contributed by atoms with E-state index in [4.69, 9.17) is 17.3 Å². The quantitative estimate of drug-likeness (QED) is 0.857. The minimum atomic E-state index is -0.588. The van der Waals surface area contributed by atoms with Gasteiger partial charge in [0, 0.05) is 37.7 Å². The largest absolute Gasteiger partial charge is 0.339 e. The van der Waals surface area contributed by atoms with E-state index in [0.717, 1.165) is 63.4 Å². The number of carbonyl (C=O) groups excluding carboxylic acids is 1. The average molecular weight is 395 g/mol. The van der Waals surface area contributed by atoms with E-state index >= 15 is 0 Å². The van der Waals surface area contributed by atoms with E-state index in [1.807, 2.05) is 23.1 Å². The van der Waals surface area contributed by atoms with E-state index in [0.29, 0.717) is 0 Å². The van der Waals surface area contributed by atoms with Crippen LogP contribution < -0.4 is 5.73 Å². The molecule has 1 aliphatic heterocycles. The van der Waals surface area contributed by atoms with E-state index in [9.17, 15) is 4.79 Å². The van der Waals surface area contributed by atoms with Crippen molar-refractivity contribution in [1.82, 2.24) is 9.80 Å². The Morgan fingerprint density at radius 3 is 2.33 bits per heavy atom. The van der Waals surface area contributed by atoms with Gasteiger partial charge in [0.15, 0.2) is 0 Å². The number of amides is 1. The molecule has 0 spiro atoms. The standard InChI is InChI=1S/C17H24ClN3O.2ClH/c18-15-5-3-4-14(12-15)13-20-8-10-21(11-9-20)16(22)17(19)6-1-2-7-17;;/h3-5,12H,1-2,6-11,13,19H2;2*1H. The number of nitrogens with two attached hydrogens (primary N) is 1. The molecule has 7 heteroatoms. The Labute approximate surface area is 161 Å². The first-order valence-electron chi connectivity index (χ1n) is 8.12. The predicted octanol–water partition coefficient (Wildman–Crippen LogP) is 3.10. The van der Waals surface area contributed by atoms with Gasteiger partial charge in [0.2, 0.25) is 5.91 Å². The molecule has 24 heavy (non-hydrogen) atoms. The van der Waals surface area contributed by atoms with Crippen LogP contribution in [0.2, 0.25) is 5.02 Å². The van der Waals surface area contributed by atoms with Crippen molar-refractivity contribution in [2.75, 3.05) is 26.2 Å². The molecule has 0 aromatic heterocycles. The lowest BCUT2D eigenvalue weighted by Gasteiger charge is -2.38. The summed E-state index contributed by atoms with van der Waals surface area (Å²) in [4.78, 5) is 16.9. The third kappa shape index (κ3) is 4.99. The number of hydrogen-bond donors (Lipinski definition) is 1. The van der Waals surface area contributed by atoms with Gasteiger partial charge in [-0.3, -0.25) is 9.69 Å². The number of rotatable bonds is 3. The smallest absolute Gasteiger partial charge is 0.242 e. The lowest BCUT2D eigenvalue weighted by atomic mass is 9.97. The van der Waals surface area contributed by atoms with Gasteiger partial charge in [-0.25, -0.2) is 0 Å². The minimum absolute atomic E-state index is 0. The van der Waals surface area contributed by atoms with E-state index < -0.39 is 5.54 Å². The summed E-state index contributed by atoms with van der Waals surface area (Å²) in [5, 5.41) is 0.776. The summed E-state index contributed by atoms with van der Waals surface area (Å²) in [6.45, 7) is 4.23. The predicted molar refractivity (Wildman–Crippen MR) is 103 cm³/mol. The van der Waals surface area contributed by atoms with Crippen LogP contribution in [-0.4, -0.2) is 47.4 Å². The summed E-state index contributed by atoms with van der Waals surface area (Å²) < 4.78 is 0. The van der Waals surface area contributed by atoms with Crippen LogP contribution in [0.4, 0.5) is 0 Å². The van der Waals surface area contributed by atoms with E-state index in [1.165, 1.54) is 5.56 Å². The van der Waals surface area contributed by atoms with Gasteiger partial charge in [0.1, 0.15) is 0 Å². The number of nitrogens with zero attached hydrogens (tertiary/aromatic N) is 2. The lowest BCUT2D eigenvalue weighted by molar-refractivity contribution is -0.138. The molecule has 1 heterocycles. The zero-order chi connectivity index (χ0) is 15.6. The average Bonchev–Trinajstić information content (AvgIpc) is 2.95. The Bertz CT molecular complexity index is 542. The summed E-state index contributed by atoms with van der Waals surface area (Å²) in [7, 11) is 0. The van der Waals surface area contributed by atoms with Crippen molar-refractivity contribution < 1.29 is 4.79 Å². The molecule has 0 radical (unpaired) electrons. The van der Waals surface area contributed by atoms with Crippen molar-refractivity contribution in [3.05, 3.63) is 34.9 Å². The second-order valence-electron chi connectivity index (χ2n) is 6.56. The minimum Gasteiger partial charge on any atom is -0.339 e. The highest BCUT2D eigenvalue weighted by Gasteiger charge is 2.40. The third-order valence-corrected chi connectivity index (χ3v) is 5.11. The Hall–Kier alpha value is -0.520. The molecule has 1 saturated carbocycles. The Morgan fingerprint density at radius 1 is 1.12 bits per heavy atom. The zero-order valence-corrected chi connectivity index (χ0v) is 16.1. The first kappa shape index (κ1) is 21.5. The van der Waals surface area contributed by atoms with Gasteiger partial charge in [-0.1, -0.05) is 36.6 Å². The molecule has 136 valence electrons. The molecular weight excluding hydrogens is 369 g/mol. The summed E-state index contributed by atoms with van der Waals surface area (Å²) in [6, 6.07) is 7.98. The molecule has 1 aromatic carbocycles. The Morgan fingerprint density at radius 2 is 1.75 bits per heavy atom. The maximum absolute atomic E-state index is 12.6. The lowest BCUT2D eigenvalue weighted by Crippen LogP contribution is -2.58. The van der Waals surface area contributed by atoms with Crippen molar-refractivity contribution in [2.24, 2.45) is 5.73 Å². The molecule has 0 atom stereocenters. The van der Waals surface area contributed by atoms with Crippen LogP contribution >= 0.6 is 36.4 Å². The highest BCUT2D eigenvalue weighted by Crippen LogP contribution is 2.29. The SMILES string of the molecule is Cl.Cl.NC1(C(=O)N2CCN(Cc3cccc(Cl)c3)CC2)CCCC1. The number of halogens is 3. The Balaban J connectivity index is 0.00000144. The molecule has 1 saturated heterocycles. The molecule has 2 N–H and O–H groups in total. The van der Waals surface area contributed by atoms with Crippen LogP contribution in [0.25, 0.3) is 0 Å². The molecular formula is C17H26Cl3N3O. The molecule has 2 fully saturated rings. The van der Waals surface area contributed by atoms with Crippen LogP contribution in [0.15, 0.2) is 24.3 Å². The second-order valence-corrected chi connectivity index (χ2v) is 7.00. The van der Waals surface area contributed by atoms with Crippen molar-refractivity contribution in [3.8, 4) is 0 Å². The molecule has 1 aromatic rings. The maximum Gasteiger partial charge on any atom is 0.242 e. The summed E-state index contributed by atoms with van der Waals surface area (Å²) in [5.41, 5.74) is 6.92. The molecule has 2 aliphatic rings. The van der Waals surface area contributed by atoms with Crippen LogP contribution in [0.1, 0.15) is 31.2 Å². The van der Waals surface area contributed by atoms with Crippen molar-refractivity contribution in [3.63, 3.8) is 0 Å². The molecule has 0 bridgehead atoms. The molecule has 3 rings (SSSR count). The van der Waals surface area contributed by atoms with Gasteiger partial charge >= 0.3 is 0 Å².